The van der Waals surface area contributed by atoms with Crippen LogP contribution in [-0.4, -0.2) is 35.7 Å². The molecule has 10 heteroatoms. The molecule has 0 bridgehead atoms. The van der Waals surface area contributed by atoms with Crippen LogP contribution in [0.4, 0.5) is 15.9 Å². The molecule has 0 atom stereocenters. The number of aromatic hydroxyl groups is 1. The summed E-state index contributed by atoms with van der Waals surface area (Å²) in [6.45, 7) is 1.69. The molecule has 3 aromatic heterocycles. The summed E-state index contributed by atoms with van der Waals surface area (Å²) >= 11 is 0. The Bertz CT molecular complexity index is 1450. The Balaban J connectivity index is 1.69. The van der Waals surface area contributed by atoms with Crippen LogP contribution in [-0.2, 0) is 0 Å². The van der Waals surface area contributed by atoms with Crippen molar-refractivity contribution >= 4 is 23.2 Å². The molecule has 5 rings (SSSR count). The van der Waals surface area contributed by atoms with Gasteiger partial charge in [-0.3, -0.25) is 9.98 Å². The minimum atomic E-state index is -0.517. The van der Waals surface area contributed by atoms with E-state index in [1.807, 2.05) is 0 Å². The zero-order chi connectivity index (χ0) is 20.8. The lowest BCUT2D eigenvalue weighted by atomic mass is 10.2. The minimum absolute atomic E-state index is 0.219. The Kier molecular flexibility index (Phi) is 4.12. The number of H-pyrrole nitrogens is 2. The van der Waals surface area contributed by atoms with E-state index in [9.17, 15) is 14.3 Å². The Morgan fingerprint density at radius 1 is 1.37 bits per heavy atom. The van der Waals surface area contributed by atoms with Crippen LogP contribution in [0.25, 0.3) is 11.7 Å². The molecule has 0 spiro atoms. The number of anilines is 2. The molecule has 0 saturated heterocycles. The number of hydrogen-bond donors (Lipinski definition) is 4. The van der Waals surface area contributed by atoms with Crippen molar-refractivity contribution in [2.24, 2.45) is 4.99 Å². The largest absolute Gasteiger partial charge is 0.493 e. The lowest BCUT2D eigenvalue weighted by Gasteiger charge is -2.09. The van der Waals surface area contributed by atoms with Crippen molar-refractivity contribution in [3.05, 3.63) is 68.7 Å². The van der Waals surface area contributed by atoms with Crippen molar-refractivity contribution < 1.29 is 9.50 Å². The molecular formula is C20H18FN7O2. The van der Waals surface area contributed by atoms with Crippen molar-refractivity contribution in [3.63, 3.8) is 0 Å². The Hall–Kier alpha value is -3.95. The van der Waals surface area contributed by atoms with E-state index < -0.39 is 5.69 Å². The van der Waals surface area contributed by atoms with Gasteiger partial charge in [-0.1, -0.05) is 6.07 Å². The van der Waals surface area contributed by atoms with Crippen LogP contribution >= 0.6 is 0 Å². The van der Waals surface area contributed by atoms with Crippen LogP contribution in [0.5, 0.6) is 5.88 Å². The zero-order valence-electron chi connectivity index (χ0n) is 16.0. The van der Waals surface area contributed by atoms with Crippen LogP contribution in [0.3, 0.4) is 0 Å². The monoisotopic (exact) mass is 407 g/mol. The third-order valence-electron chi connectivity index (χ3n) is 4.91. The van der Waals surface area contributed by atoms with Crippen molar-refractivity contribution in [1.82, 2.24) is 24.6 Å². The second kappa shape index (κ2) is 6.83. The summed E-state index contributed by atoms with van der Waals surface area (Å²) in [5, 5.41) is 18.0. The first-order chi connectivity index (χ1) is 14.5. The zero-order valence-corrected chi connectivity index (χ0v) is 16.0. The molecule has 152 valence electrons. The molecular weight excluding hydrogens is 389 g/mol. The molecule has 1 fully saturated rings. The van der Waals surface area contributed by atoms with Crippen molar-refractivity contribution in [3.8, 4) is 5.88 Å². The number of aromatic amines is 2. The van der Waals surface area contributed by atoms with E-state index >= 15 is 0 Å². The fourth-order valence-corrected chi connectivity index (χ4v) is 3.14. The number of aromatic nitrogens is 5. The van der Waals surface area contributed by atoms with E-state index in [0.717, 1.165) is 12.8 Å². The molecule has 1 aliphatic carbocycles. The smallest absolute Gasteiger partial charge is 0.326 e. The molecule has 1 saturated carbocycles. The minimum Gasteiger partial charge on any atom is -0.493 e. The quantitative estimate of drug-likeness (QED) is 0.405. The van der Waals surface area contributed by atoms with Crippen LogP contribution in [0.2, 0.25) is 0 Å². The summed E-state index contributed by atoms with van der Waals surface area (Å²) in [5.41, 5.74) is 1.88. The molecule has 0 unspecified atom stereocenters. The molecule has 0 amide bonds. The number of halogens is 1. The van der Waals surface area contributed by atoms with Gasteiger partial charge in [-0.2, -0.15) is 9.61 Å². The Morgan fingerprint density at radius 3 is 2.93 bits per heavy atom. The highest BCUT2D eigenvalue weighted by Gasteiger charge is 2.20. The number of hydrogen-bond acceptors (Lipinski definition) is 6. The van der Waals surface area contributed by atoms with Gasteiger partial charge in [-0.15, -0.1) is 0 Å². The summed E-state index contributed by atoms with van der Waals surface area (Å²) in [5.74, 6) is -0.0985. The highest BCUT2D eigenvalue weighted by atomic mass is 19.1. The molecule has 0 radical (unpaired) electrons. The molecule has 1 aliphatic rings. The van der Waals surface area contributed by atoms with Gasteiger partial charge in [0.05, 0.1) is 12.2 Å². The maximum Gasteiger partial charge on any atom is 0.326 e. The van der Waals surface area contributed by atoms with Gasteiger partial charge in [-0.05, 0) is 38.0 Å². The van der Waals surface area contributed by atoms with E-state index in [1.165, 1.54) is 6.07 Å². The second-order valence-electron chi connectivity index (χ2n) is 7.22. The van der Waals surface area contributed by atoms with Crippen molar-refractivity contribution in [1.29, 1.82) is 0 Å². The van der Waals surface area contributed by atoms with Gasteiger partial charge >= 0.3 is 5.69 Å². The number of nitrogens with one attached hydrogen (secondary N) is 3. The molecule has 4 aromatic rings. The number of benzene rings is 1. The highest BCUT2D eigenvalue weighted by molar-refractivity contribution is 5.63. The number of imidazole rings is 1. The van der Waals surface area contributed by atoms with Crippen LogP contribution in [0, 0.1) is 12.7 Å². The first-order valence-electron chi connectivity index (χ1n) is 9.46. The van der Waals surface area contributed by atoms with Gasteiger partial charge < -0.3 is 15.4 Å². The Morgan fingerprint density at radius 2 is 2.20 bits per heavy atom. The summed E-state index contributed by atoms with van der Waals surface area (Å²) in [6.07, 6.45) is 5.19. The maximum absolute atomic E-state index is 13.9. The highest BCUT2D eigenvalue weighted by Crippen LogP contribution is 2.23. The molecule has 4 N–H and O–H groups in total. The standard InChI is InChI=1S/C20H18FN7O2/c1-10-13(21)3-2-4-14(10)24-16-8-17(23-12-5-6-12)28-18(26-16)11(9-22-28)7-15-19(29)27-20(30)25-15/h2-4,7-9,12,24,29H,5-6H2,1H3,(H2,25,27,30)/b11-7+,23-17?. The number of rotatable bonds is 4. The SMILES string of the molecule is Cc1c(F)cccc1Nc1cc(=NC2CC2)n2nc/c(=C\c3[nH]c(=O)[nH]c3O)c2n1. The van der Waals surface area contributed by atoms with Crippen LogP contribution < -0.4 is 21.7 Å². The number of nitrogens with zero attached hydrogens (tertiary/aromatic N) is 4. The molecule has 9 nitrogen and oxygen atoms in total. The van der Waals surface area contributed by atoms with E-state index in [4.69, 9.17) is 4.99 Å². The summed E-state index contributed by atoms with van der Waals surface area (Å²) < 4.78 is 15.5. The van der Waals surface area contributed by atoms with Gasteiger partial charge in [0.15, 0.2) is 11.1 Å². The summed E-state index contributed by atoms with van der Waals surface area (Å²) in [4.78, 5) is 25.5. The molecule has 3 heterocycles. The average molecular weight is 407 g/mol. The van der Waals surface area contributed by atoms with E-state index in [-0.39, 0.29) is 23.4 Å². The lowest BCUT2D eigenvalue weighted by molar-refractivity contribution is 0.454. The molecule has 0 aliphatic heterocycles. The molecule has 1 aromatic carbocycles. The van der Waals surface area contributed by atoms with Gasteiger partial charge in [-0.25, -0.2) is 14.2 Å². The van der Waals surface area contributed by atoms with E-state index in [0.29, 0.717) is 33.4 Å². The first kappa shape index (κ1) is 18.1. The first-order valence-corrected chi connectivity index (χ1v) is 9.46. The third kappa shape index (κ3) is 3.32. The van der Waals surface area contributed by atoms with Crippen LogP contribution in [0.15, 0.2) is 40.2 Å². The topological polar surface area (TPSA) is 123 Å². The van der Waals surface area contributed by atoms with Crippen molar-refractivity contribution in [2.45, 2.75) is 25.8 Å². The summed E-state index contributed by atoms with van der Waals surface area (Å²) in [7, 11) is 0. The maximum atomic E-state index is 13.9. The Labute approximate surface area is 168 Å². The predicted octanol–water partition coefficient (Wildman–Crippen LogP) is 1.25. The second-order valence-corrected chi connectivity index (χ2v) is 7.22. The van der Waals surface area contributed by atoms with Gasteiger partial charge in [0.1, 0.15) is 17.3 Å². The van der Waals surface area contributed by atoms with Gasteiger partial charge in [0.25, 0.3) is 0 Å². The predicted molar refractivity (Wildman–Crippen MR) is 108 cm³/mol. The summed E-state index contributed by atoms with van der Waals surface area (Å²) in [6, 6.07) is 6.82. The third-order valence-corrected chi connectivity index (χ3v) is 4.91. The average Bonchev–Trinajstić information content (AvgIpc) is 3.34. The van der Waals surface area contributed by atoms with Crippen LogP contribution in [0.1, 0.15) is 24.1 Å². The van der Waals surface area contributed by atoms with Gasteiger partial charge in [0, 0.05) is 22.5 Å². The van der Waals surface area contributed by atoms with Gasteiger partial charge in [0.2, 0.25) is 5.88 Å². The van der Waals surface area contributed by atoms with Crippen molar-refractivity contribution in [2.75, 3.05) is 5.32 Å². The number of fused-ring (bicyclic) bond motifs is 1. The fourth-order valence-electron chi connectivity index (χ4n) is 3.14. The lowest BCUT2D eigenvalue weighted by Crippen LogP contribution is -2.20. The molecule has 30 heavy (non-hydrogen) atoms. The fraction of sp³-hybridized carbons (Fsp3) is 0.200. The van der Waals surface area contributed by atoms with E-state index in [1.54, 1.807) is 41.9 Å². The normalized spacial score (nSPS) is 15.3. The van der Waals surface area contributed by atoms with E-state index in [2.05, 4.69) is 25.4 Å².